The number of imidazole rings is 1. The molecule has 1 radical (unpaired) electrons. The van der Waals surface area contributed by atoms with Gasteiger partial charge >= 0.3 is 0 Å². The third-order valence-corrected chi connectivity index (χ3v) is 6.14. The van der Waals surface area contributed by atoms with Gasteiger partial charge in [-0.2, -0.15) is 0 Å². The molecular formula is C31H21IrN5-2. The minimum Gasteiger partial charge on any atom is -0.371 e. The van der Waals surface area contributed by atoms with Gasteiger partial charge in [-0.25, -0.2) is 5.26 Å². The van der Waals surface area contributed by atoms with Crippen molar-refractivity contribution in [3.8, 4) is 39.8 Å². The predicted molar refractivity (Wildman–Crippen MR) is 140 cm³/mol. The van der Waals surface area contributed by atoms with Crippen LogP contribution in [-0.4, -0.2) is 14.5 Å². The summed E-state index contributed by atoms with van der Waals surface area (Å²) < 4.78 is 2.18. The second-order valence-electron chi connectivity index (χ2n) is 8.38. The van der Waals surface area contributed by atoms with Gasteiger partial charge in [0, 0.05) is 51.3 Å². The van der Waals surface area contributed by atoms with Gasteiger partial charge in [0.25, 0.3) is 0 Å². The van der Waals surface area contributed by atoms with Crippen molar-refractivity contribution in [2.24, 2.45) is 0 Å². The van der Waals surface area contributed by atoms with Crippen molar-refractivity contribution in [3.63, 3.8) is 0 Å². The molecule has 3 aromatic carbocycles. The smallest absolute Gasteiger partial charge is 0.125 e. The van der Waals surface area contributed by atoms with Crippen LogP contribution in [0.3, 0.4) is 0 Å². The number of fused-ring (bicyclic) bond motifs is 3. The summed E-state index contributed by atoms with van der Waals surface area (Å²) in [5.74, 6) is 1.06. The molecule has 0 N–H and O–H groups in total. The average molecular weight is 656 g/mol. The van der Waals surface area contributed by atoms with E-state index in [1.165, 1.54) is 11.1 Å². The standard InChI is InChI=1S/C20H12N3.C11H9N2.Ir/c1-14-13-23-20(11-18(14)15-6-4-3-5-7-15)16-8-9-17(12-21)19(10-16)22-2;1-2-4-10-9(3-1)5-7-13-8-6-12-11(10)13;/h3-7,9-11,13H,1H3;1-3,6,8H,5,7H2;/q2*-1;. The zero-order valence-electron chi connectivity index (χ0n) is 20.1. The Labute approximate surface area is 230 Å². The molecule has 0 aliphatic carbocycles. The fraction of sp³-hybridized carbons (Fsp3) is 0.0968. The van der Waals surface area contributed by atoms with Gasteiger partial charge in [0.1, 0.15) is 5.69 Å². The van der Waals surface area contributed by atoms with Crippen LogP contribution in [0.5, 0.6) is 0 Å². The van der Waals surface area contributed by atoms with Gasteiger partial charge in [-0.05, 0) is 41.3 Å². The van der Waals surface area contributed by atoms with Gasteiger partial charge < -0.3 is 9.55 Å². The molecule has 0 fully saturated rings. The topological polar surface area (TPSA) is 58.9 Å². The molecule has 6 rings (SSSR count). The molecule has 0 atom stereocenters. The average Bonchev–Trinajstić information content (AvgIpc) is 3.43. The van der Waals surface area contributed by atoms with Crippen LogP contribution in [0.15, 0.2) is 85.3 Å². The Morgan fingerprint density at radius 1 is 1.08 bits per heavy atom. The van der Waals surface area contributed by atoms with Crippen molar-refractivity contribution in [1.29, 1.82) is 5.26 Å². The summed E-state index contributed by atoms with van der Waals surface area (Å²) in [6.07, 6.45) is 6.79. The van der Waals surface area contributed by atoms with E-state index in [2.05, 4.69) is 49.7 Å². The molecule has 6 heteroatoms. The fourth-order valence-electron chi connectivity index (χ4n) is 4.26. The third kappa shape index (κ3) is 5.42. The summed E-state index contributed by atoms with van der Waals surface area (Å²) in [5.41, 5.74) is 7.93. The summed E-state index contributed by atoms with van der Waals surface area (Å²) in [5, 5.41) is 9.01. The van der Waals surface area contributed by atoms with Crippen LogP contribution in [0, 0.1) is 37.0 Å². The molecular weight excluding hydrogens is 635 g/mol. The number of benzene rings is 3. The summed E-state index contributed by atoms with van der Waals surface area (Å²) >= 11 is 0. The predicted octanol–water partition coefficient (Wildman–Crippen LogP) is 6.85. The number of pyridine rings is 1. The minimum atomic E-state index is 0. The molecule has 0 unspecified atom stereocenters. The maximum Gasteiger partial charge on any atom is 0.125 e. The van der Waals surface area contributed by atoms with Crippen LogP contribution in [0.4, 0.5) is 5.69 Å². The van der Waals surface area contributed by atoms with Gasteiger partial charge in [0.15, 0.2) is 0 Å². The van der Waals surface area contributed by atoms with Gasteiger partial charge in [0.05, 0.1) is 12.4 Å². The van der Waals surface area contributed by atoms with E-state index in [9.17, 15) is 0 Å². The Kier molecular flexibility index (Phi) is 8.06. The molecule has 0 saturated heterocycles. The van der Waals surface area contributed by atoms with Gasteiger partial charge in [0.2, 0.25) is 0 Å². The van der Waals surface area contributed by atoms with Gasteiger partial charge in [-0.15, -0.1) is 59.2 Å². The molecule has 181 valence electrons. The van der Waals surface area contributed by atoms with Crippen molar-refractivity contribution < 1.29 is 20.1 Å². The van der Waals surface area contributed by atoms with Crippen molar-refractivity contribution >= 4 is 5.69 Å². The first-order chi connectivity index (χ1) is 17.7. The van der Waals surface area contributed by atoms with E-state index >= 15 is 0 Å². The molecule has 5 aromatic rings. The quantitative estimate of drug-likeness (QED) is 0.196. The van der Waals surface area contributed by atoms with Crippen LogP contribution in [0.1, 0.15) is 16.7 Å². The molecule has 2 aromatic heterocycles. The molecule has 3 heterocycles. The number of hydrogen-bond acceptors (Lipinski definition) is 3. The molecule has 1 aliphatic rings. The summed E-state index contributed by atoms with van der Waals surface area (Å²) in [4.78, 5) is 12.2. The van der Waals surface area contributed by atoms with Gasteiger partial charge in [-0.1, -0.05) is 36.4 Å². The SMILES string of the molecule is [C-]#[N+]c1cc(-c2cc(-c3ccccc3)c(C)cn2)[c-]cc1C#N.[Ir].[c-]1cccc2c1-c1nccn1CC2. The largest absolute Gasteiger partial charge is 0.371 e. The van der Waals surface area contributed by atoms with Crippen LogP contribution in [0.25, 0.3) is 38.6 Å². The van der Waals surface area contributed by atoms with E-state index in [0.717, 1.165) is 41.2 Å². The number of nitrogens with zero attached hydrogens (tertiary/aromatic N) is 5. The Morgan fingerprint density at radius 2 is 1.92 bits per heavy atom. The maximum atomic E-state index is 9.01. The molecule has 0 saturated carbocycles. The van der Waals surface area contributed by atoms with E-state index in [0.29, 0.717) is 16.8 Å². The van der Waals surface area contributed by atoms with Crippen LogP contribution < -0.4 is 0 Å². The van der Waals surface area contributed by atoms with E-state index in [1.807, 2.05) is 68.0 Å². The molecule has 5 nitrogen and oxygen atoms in total. The molecule has 37 heavy (non-hydrogen) atoms. The normalized spacial score (nSPS) is 10.9. The molecule has 0 bridgehead atoms. The summed E-state index contributed by atoms with van der Waals surface area (Å²) in [6.45, 7) is 10.3. The first-order valence-electron chi connectivity index (χ1n) is 11.5. The third-order valence-electron chi connectivity index (χ3n) is 6.14. The second-order valence-corrected chi connectivity index (χ2v) is 8.38. The van der Waals surface area contributed by atoms with E-state index in [4.69, 9.17) is 11.8 Å². The molecule has 0 spiro atoms. The molecule has 0 amide bonds. The number of nitriles is 1. The molecule has 1 aliphatic heterocycles. The van der Waals surface area contributed by atoms with Crippen LogP contribution in [0.2, 0.25) is 0 Å². The first-order valence-corrected chi connectivity index (χ1v) is 11.5. The maximum absolute atomic E-state index is 9.01. The van der Waals surface area contributed by atoms with E-state index < -0.39 is 0 Å². The van der Waals surface area contributed by atoms with Crippen LogP contribution in [-0.2, 0) is 33.1 Å². The van der Waals surface area contributed by atoms with Crippen LogP contribution >= 0.6 is 0 Å². The summed E-state index contributed by atoms with van der Waals surface area (Å²) in [7, 11) is 0. The summed E-state index contributed by atoms with van der Waals surface area (Å²) in [6, 6.07) is 29.7. The van der Waals surface area contributed by atoms with Crippen molar-refractivity contribution in [2.45, 2.75) is 19.9 Å². The minimum absolute atomic E-state index is 0. The first kappa shape index (κ1) is 25.7. The number of aryl methyl sites for hydroxylation is 3. The zero-order valence-corrected chi connectivity index (χ0v) is 22.5. The van der Waals surface area contributed by atoms with Crippen molar-refractivity contribution in [3.05, 3.63) is 126 Å². The van der Waals surface area contributed by atoms with E-state index in [1.54, 1.807) is 12.1 Å². The fourth-order valence-corrected chi connectivity index (χ4v) is 4.26. The number of aromatic nitrogens is 3. The number of rotatable bonds is 2. The number of hydrogen-bond donors (Lipinski definition) is 0. The van der Waals surface area contributed by atoms with E-state index in [-0.39, 0.29) is 20.1 Å². The second kappa shape index (κ2) is 11.6. The monoisotopic (exact) mass is 656 g/mol. The Hall–Kier alpha value is -4.35. The Bertz CT molecular complexity index is 1620. The van der Waals surface area contributed by atoms with Crippen molar-refractivity contribution in [2.75, 3.05) is 0 Å². The van der Waals surface area contributed by atoms with Crippen molar-refractivity contribution in [1.82, 2.24) is 14.5 Å². The Balaban J connectivity index is 0.000000193. The Morgan fingerprint density at radius 3 is 2.70 bits per heavy atom. The zero-order chi connectivity index (χ0) is 24.9. The van der Waals surface area contributed by atoms with Gasteiger partial charge in [-0.3, -0.25) is 9.83 Å².